The molecule has 0 radical (unpaired) electrons. The van der Waals surface area contributed by atoms with Crippen LogP contribution in [0.5, 0.6) is 0 Å². The quantitative estimate of drug-likeness (QED) is 0.662. The average molecular weight is 413 g/mol. The highest BCUT2D eigenvalue weighted by atomic mass is 32.1. The number of aliphatic imine (C=N–C) groups is 1. The van der Waals surface area contributed by atoms with Crippen LogP contribution in [0.25, 0.3) is 10.2 Å². The second-order valence-corrected chi connectivity index (χ2v) is 7.73. The van der Waals surface area contributed by atoms with Crippen molar-refractivity contribution in [3.63, 3.8) is 0 Å². The lowest BCUT2D eigenvalue weighted by Crippen LogP contribution is -2.41. The predicted molar refractivity (Wildman–Crippen MR) is 110 cm³/mol. The standard InChI is InChI=1S/C20H19N3O5S/c1-12-15-18(26)23(11-14(24)25)20(27)22(9-7-13-5-3-2-4-6-13)19(15)29-16(12)17-21-8-10-28-17/h2-6H,7-11H2,1H3,(H,24,25). The predicted octanol–water partition coefficient (Wildman–Crippen LogP) is 1.64. The number of thiophene rings is 1. The summed E-state index contributed by atoms with van der Waals surface area (Å²) in [5.74, 6) is -0.773. The fourth-order valence-electron chi connectivity index (χ4n) is 3.43. The summed E-state index contributed by atoms with van der Waals surface area (Å²) in [6.07, 6.45) is 0.574. The van der Waals surface area contributed by atoms with Crippen molar-refractivity contribution in [2.75, 3.05) is 13.2 Å². The van der Waals surface area contributed by atoms with Crippen molar-refractivity contribution in [2.24, 2.45) is 4.99 Å². The number of hydrogen-bond acceptors (Lipinski definition) is 6. The summed E-state index contributed by atoms with van der Waals surface area (Å²) in [6, 6.07) is 9.67. The maximum Gasteiger partial charge on any atom is 0.332 e. The van der Waals surface area contributed by atoms with E-state index in [0.717, 1.165) is 10.1 Å². The molecule has 29 heavy (non-hydrogen) atoms. The van der Waals surface area contributed by atoms with Gasteiger partial charge in [0, 0.05) is 6.54 Å². The lowest BCUT2D eigenvalue weighted by Gasteiger charge is -2.11. The molecule has 1 aliphatic heterocycles. The summed E-state index contributed by atoms with van der Waals surface area (Å²) in [5, 5.41) is 9.53. The first kappa shape index (κ1) is 19.1. The zero-order chi connectivity index (χ0) is 20.5. The van der Waals surface area contributed by atoms with Gasteiger partial charge in [-0.05, 0) is 24.5 Å². The zero-order valence-corrected chi connectivity index (χ0v) is 16.6. The number of hydrogen-bond donors (Lipinski definition) is 1. The Hall–Kier alpha value is -3.20. The molecule has 3 heterocycles. The van der Waals surface area contributed by atoms with Crippen LogP contribution in [-0.2, 0) is 29.0 Å². The first-order valence-corrected chi connectivity index (χ1v) is 9.99. The molecule has 4 rings (SSSR count). The molecule has 0 amide bonds. The molecule has 2 aromatic heterocycles. The minimum absolute atomic E-state index is 0.325. The molecule has 0 unspecified atom stereocenters. The fraction of sp³-hybridized carbons (Fsp3) is 0.300. The van der Waals surface area contributed by atoms with Crippen molar-refractivity contribution in [3.05, 3.63) is 67.2 Å². The minimum atomic E-state index is -1.24. The smallest absolute Gasteiger partial charge is 0.332 e. The molecule has 1 aromatic carbocycles. The normalized spacial score (nSPS) is 13.5. The molecule has 3 aromatic rings. The summed E-state index contributed by atoms with van der Waals surface area (Å²) in [6.45, 7) is 2.45. The third-order valence-corrected chi connectivity index (χ3v) is 6.14. The highest BCUT2D eigenvalue weighted by Crippen LogP contribution is 2.29. The Kier molecular flexibility index (Phi) is 5.06. The topological polar surface area (TPSA) is 103 Å². The number of aryl methyl sites for hydroxylation is 3. The maximum atomic E-state index is 13.0. The van der Waals surface area contributed by atoms with E-state index in [4.69, 9.17) is 4.74 Å². The van der Waals surface area contributed by atoms with Crippen molar-refractivity contribution < 1.29 is 14.6 Å². The molecule has 9 heteroatoms. The average Bonchev–Trinajstić information content (AvgIpc) is 3.34. The molecule has 0 spiro atoms. The molecule has 0 bridgehead atoms. The van der Waals surface area contributed by atoms with Crippen LogP contribution in [0.4, 0.5) is 0 Å². The Bertz CT molecular complexity index is 1240. The first-order chi connectivity index (χ1) is 14.0. The summed E-state index contributed by atoms with van der Waals surface area (Å²) >= 11 is 1.29. The maximum absolute atomic E-state index is 13.0. The molecule has 0 saturated heterocycles. The van der Waals surface area contributed by atoms with Crippen molar-refractivity contribution in [1.29, 1.82) is 0 Å². The largest absolute Gasteiger partial charge is 0.480 e. The highest BCUT2D eigenvalue weighted by molar-refractivity contribution is 7.20. The molecule has 0 atom stereocenters. The van der Waals surface area contributed by atoms with Gasteiger partial charge in [0.2, 0.25) is 5.90 Å². The molecule has 150 valence electrons. The second kappa shape index (κ2) is 7.67. The Morgan fingerprint density at radius 2 is 2.00 bits per heavy atom. The van der Waals surface area contributed by atoms with Gasteiger partial charge in [-0.3, -0.25) is 14.2 Å². The lowest BCUT2D eigenvalue weighted by atomic mass is 10.1. The molecule has 1 aliphatic rings. The number of aliphatic carboxylic acids is 1. The Morgan fingerprint density at radius 1 is 1.24 bits per heavy atom. The number of nitrogens with zero attached hydrogens (tertiary/aromatic N) is 3. The van der Waals surface area contributed by atoms with Crippen molar-refractivity contribution in [3.8, 4) is 0 Å². The molecule has 0 fully saturated rings. The molecule has 8 nitrogen and oxygen atoms in total. The van der Waals surface area contributed by atoms with Gasteiger partial charge < -0.3 is 9.84 Å². The van der Waals surface area contributed by atoms with Crippen LogP contribution in [0, 0.1) is 6.92 Å². The third kappa shape index (κ3) is 3.49. The number of carbonyl (C=O) groups is 1. The number of carboxylic acid groups (broad SMARTS) is 1. The zero-order valence-electron chi connectivity index (χ0n) is 15.8. The van der Waals surface area contributed by atoms with Gasteiger partial charge in [-0.1, -0.05) is 30.3 Å². The summed E-state index contributed by atoms with van der Waals surface area (Å²) < 4.78 is 7.83. The van der Waals surface area contributed by atoms with Crippen molar-refractivity contribution in [2.45, 2.75) is 26.4 Å². The minimum Gasteiger partial charge on any atom is -0.480 e. The number of ether oxygens (including phenoxy) is 1. The van der Waals surface area contributed by atoms with Gasteiger partial charge in [-0.2, -0.15) is 0 Å². The Morgan fingerprint density at radius 3 is 2.66 bits per heavy atom. The number of aromatic nitrogens is 2. The highest BCUT2D eigenvalue weighted by Gasteiger charge is 2.24. The van der Waals surface area contributed by atoms with E-state index in [2.05, 4.69) is 4.99 Å². The van der Waals surface area contributed by atoms with E-state index in [1.54, 1.807) is 6.92 Å². The number of carboxylic acids is 1. The lowest BCUT2D eigenvalue weighted by molar-refractivity contribution is -0.137. The van der Waals surface area contributed by atoms with Gasteiger partial charge in [0.1, 0.15) is 18.0 Å². The summed E-state index contributed by atoms with van der Waals surface area (Å²) in [7, 11) is 0. The fourth-order valence-corrected chi connectivity index (χ4v) is 4.71. The molecular weight excluding hydrogens is 394 g/mol. The third-order valence-electron chi connectivity index (χ3n) is 4.83. The van der Waals surface area contributed by atoms with E-state index in [0.29, 0.717) is 52.7 Å². The Labute approximate surface area is 169 Å². The van der Waals surface area contributed by atoms with Crippen LogP contribution in [0.15, 0.2) is 44.9 Å². The number of fused-ring (bicyclic) bond motifs is 1. The van der Waals surface area contributed by atoms with E-state index >= 15 is 0 Å². The molecule has 0 saturated carbocycles. The van der Waals surface area contributed by atoms with Gasteiger partial charge in [-0.25, -0.2) is 14.4 Å². The molecular formula is C20H19N3O5S. The van der Waals surface area contributed by atoms with E-state index in [1.807, 2.05) is 30.3 Å². The van der Waals surface area contributed by atoms with Crippen molar-refractivity contribution >= 4 is 33.4 Å². The molecule has 0 aliphatic carbocycles. The van der Waals surface area contributed by atoms with Crippen LogP contribution in [0.2, 0.25) is 0 Å². The number of rotatable bonds is 6. The van der Waals surface area contributed by atoms with Crippen molar-refractivity contribution in [1.82, 2.24) is 9.13 Å². The van der Waals surface area contributed by atoms with Gasteiger partial charge >= 0.3 is 11.7 Å². The van der Waals surface area contributed by atoms with Crippen LogP contribution in [0.3, 0.4) is 0 Å². The SMILES string of the molecule is Cc1c(C2=NCCO2)sc2c1c(=O)n(CC(=O)O)c(=O)n2CCc1ccccc1. The van der Waals surface area contributed by atoms with E-state index < -0.39 is 23.8 Å². The van der Waals surface area contributed by atoms with Crippen LogP contribution < -0.4 is 11.2 Å². The first-order valence-electron chi connectivity index (χ1n) is 9.17. The van der Waals surface area contributed by atoms with Crippen LogP contribution in [-0.4, -0.2) is 39.3 Å². The second-order valence-electron chi connectivity index (χ2n) is 6.73. The van der Waals surface area contributed by atoms with E-state index in [9.17, 15) is 19.5 Å². The van der Waals surface area contributed by atoms with Crippen LogP contribution >= 0.6 is 11.3 Å². The monoisotopic (exact) mass is 413 g/mol. The number of benzene rings is 1. The van der Waals surface area contributed by atoms with Gasteiger partial charge in [0.15, 0.2) is 0 Å². The van der Waals surface area contributed by atoms with E-state index in [1.165, 1.54) is 15.9 Å². The Balaban J connectivity index is 1.91. The molecule has 1 N–H and O–H groups in total. The van der Waals surface area contributed by atoms with Gasteiger partial charge in [-0.15, -0.1) is 11.3 Å². The van der Waals surface area contributed by atoms with Gasteiger partial charge in [0.05, 0.1) is 16.8 Å². The van der Waals surface area contributed by atoms with Crippen LogP contribution in [0.1, 0.15) is 16.0 Å². The van der Waals surface area contributed by atoms with Gasteiger partial charge in [0.25, 0.3) is 5.56 Å². The summed E-state index contributed by atoms with van der Waals surface area (Å²) in [4.78, 5) is 42.8. The van der Waals surface area contributed by atoms with E-state index in [-0.39, 0.29) is 0 Å². The summed E-state index contributed by atoms with van der Waals surface area (Å²) in [5.41, 5.74) is 0.480.